The zero-order chi connectivity index (χ0) is 19.2. The highest BCUT2D eigenvalue weighted by Crippen LogP contribution is 2.30. The summed E-state index contributed by atoms with van der Waals surface area (Å²) in [5.41, 5.74) is 2.67. The zero-order valence-electron chi connectivity index (χ0n) is 15.2. The Balaban J connectivity index is 1.65. The van der Waals surface area contributed by atoms with Gasteiger partial charge in [-0.05, 0) is 42.7 Å². The first-order valence-corrected chi connectivity index (χ1v) is 8.95. The summed E-state index contributed by atoms with van der Waals surface area (Å²) in [6.45, 7) is 0.859. The van der Waals surface area contributed by atoms with Gasteiger partial charge < -0.3 is 15.0 Å². The number of anilines is 1. The maximum atomic E-state index is 12.7. The summed E-state index contributed by atoms with van der Waals surface area (Å²) < 4.78 is 4.84. The van der Waals surface area contributed by atoms with Crippen LogP contribution in [0, 0.1) is 0 Å². The summed E-state index contributed by atoms with van der Waals surface area (Å²) in [5.74, 6) is -0.668. The molecule has 0 aliphatic carbocycles. The van der Waals surface area contributed by atoms with Gasteiger partial charge in [-0.1, -0.05) is 24.3 Å². The van der Waals surface area contributed by atoms with Crippen molar-refractivity contribution in [1.29, 1.82) is 0 Å². The molecule has 0 radical (unpaired) electrons. The average Bonchev–Trinajstić information content (AvgIpc) is 2.72. The maximum absolute atomic E-state index is 12.7. The van der Waals surface area contributed by atoms with Crippen LogP contribution >= 0.6 is 0 Å². The predicted molar refractivity (Wildman–Crippen MR) is 102 cm³/mol. The quantitative estimate of drug-likeness (QED) is 0.825. The SMILES string of the molecule is COC(=O)c1cccc2c1CCCN2C(=O)CCNC(=O)c1ccccc1. The second kappa shape index (κ2) is 8.49. The molecule has 0 unspecified atom stereocenters. The van der Waals surface area contributed by atoms with Crippen molar-refractivity contribution >= 4 is 23.5 Å². The second-order valence-electron chi connectivity index (χ2n) is 6.32. The topological polar surface area (TPSA) is 75.7 Å². The van der Waals surface area contributed by atoms with Crippen LogP contribution < -0.4 is 10.2 Å². The monoisotopic (exact) mass is 366 g/mol. The van der Waals surface area contributed by atoms with Gasteiger partial charge in [0.1, 0.15) is 0 Å². The Morgan fingerprint density at radius 2 is 1.85 bits per heavy atom. The Labute approximate surface area is 158 Å². The number of hydrogen-bond acceptors (Lipinski definition) is 4. The highest BCUT2D eigenvalue weighted by molar-refractivity contribution is 5.99. The van der Waals surface area contributed by atoms with Crippen molar-refractivity contribution in [2.45, 2.75) is 19.3 Å². The highest BCUT2D eigenvalue weighted by atomic mass is 16.5. The molecule has 0 atom stereocenters. The molecule has 1 heterocycles. The molecule has 140 valence electrons. The van der Waals surface area contributed by atoms with E-state index in [1.807, 2.05) is 12.1 Å². The van der Waals surface area contributed by atoms with Crippen molar-refractivity contribution in [3.63, 3.8) is 0 Å². The lowest BCUT2D eigenvalue weighted by atomic mass is 9.96. The van der Waals surface area contributed by atoms with E-state index in [0.717, 1.165) is 24.1 Å². The number of hydrogen-bond donors (Lipinski definition) is 1. The number of fused-ring (bicyclic) bond motifs is 1. The minimum Gasteiger partial charge on any atom is -0.465 e. The number of carbonyl (C=O) groups is 3. The predicted octanol–water partition coefficient (Wildman–Crippen LogP) is 2.57. The first kappa shape index (κ1) is 18.6. The normalized spacial score (nSPS) is 12.9. The van der Waals surface area contributed by atoms with E-state index in [-0.39, 0.29) is 24.8 Å². The minimum absolute atomic E-state index is 0.0775. The van der Waals surface area contributed by atoms with Gasteiger partial charge in [-0.15, -0.1) is 0 Å². The van der Waals surface area contributed by atoms with E-state index < -0.39 is 5.97 Å². The summed E-state index contributed by atoms with van der Waals surface area (Å²) in [6, 6.07) is 14.2. The van der Waals surface area contributed by atoms with E-state index in [2.05, 4.69) is 5.32 Å². The van der Waals surface area contributed by atoms with Crippen molar-refractivity contribution in [3.8, 4) is 0 Å². The number of amides is 2. The fourth-order valence-electron chi connectivity index (χ4n) is 3.29. The van der Waals surface area contributed by atoms with Crippen molar-refractivity contribution in [3.05, 3.63) is 65.2 Å². The van der Waals surface area contributed by atoms with Gasteiger partial charge in [-0.2, -0.15) is 0 Å². The number of esters is 1. The van der Waals surface area contributed by atoms with Crippen LogP contribution in [0.2, 0.25) is 0 Å². The number of rotatable bonds is 5. The molecule has 0 saturated heterocycles. The largest absolute Gasteiger partial charge is 0.465 e. The van der Waals surface area contributed by atoms with E-state index in [0.29, 0.717) is 17.7 Å². The summed E-state index contributed by atoms with van der Waals surface area (Å²) in [4.78, 5) is 38.4. The van der Waals surface area contributed by atoms with Crippen LogP contribution in [0.5, 0.6) is 0 Å². The molecular weight excluding hydrogens is 344 g/mol. The molecule has 0 bridgehead atoms. The lowest BCUT2D eigenvalue weighted by Crippen LogP contribution is -2.38. The average molecular weight is 366 g/mol. The van der Waals surface area contributed by atoms with Gasteiger partial charge in [-0.25, -0.2) is 4.79 Å². The molecule has 0 saturated carbocycles. The second-order valence-corrected chi connectivity index (χ2v) is 6.32. The van der Waals surface area contributed by atoms with E-state index in [1.165, 1.54) is 7.11 Å². The first-order chi connectivity index (χ1) is 13.1. The Morgan fingerprint density at radius 3 is 2.59 bits per heavy atom. The van der Waals surface area contributed by atoms with Gasteiger partial charge in [0.2, 0.25) is 5.91 Å². The van der Waals surface area contributed by atoms with Crippen LogP contribution in [0.25, 0.3) is 0 Å². The van der Waals surface area contributed by atoms with Crippen LogP contribution in [-0.2, 0) is 16.0 Å². The summed E-state index contributed by atoms with van der Waals surface area (Å²) in [5, 5.41) is 2.77. The van der Waals surface area contributed by atoms with Gasteiger partial charge in [0, 0.05) is 30.8 Å². The zero-order valence-corrected chi connectivity index (χ0v) is 15.2. The molecule has 1 N–H and O–H groups in total. The molecule has 27 heavy (non-hydrogen) atoms. The van der Waals surface area contributed by atoms with Crippen LogP contribution in [0.15, 0.2) is 48.5 Å². The van der Waals surface area contributed by atoms with Gasteiger partial charge >= 0.3 is 5.97 Å². The Morgan fingerprint density at radius 1 is 1.07 bits per heavy atom. The smallest absolute Gasteiger partial charge is 0.338 e. The molecule has 6 heteroatoms. The molecular formula is C21H22N2O4. The van der Waals surface area contributed by atoms with E-state index >= 15 is 0 Å². The molecule has 0 fully saturated rings. The van der Waals surface area contributed by atoms with Gasteiger partial charge in [-0.3, -0.25) is 9.59 Å². The molecule has 2 amide bonds. The molecule has 2 aromatic carbocycles. The first-order valence-electron chi connectivity index (χ1n) is 8.95. The standard InChI is InChI=1S/C21H22N2O4/c1-27-21(26)17-9-5-11-18-16(17)10-6-14-23(18)19(24)12-13-22-20(25)15-7-3-2-4-8-15/h2-5,7-9,11H,6,10,12-14H2,1H3,(H,22,25). The maximum Gasteiger partial charge on any atom is 0.338 e. The molecule has 0 aromatic heterocycles. The Kier molecular flexibility index (Phi) is 5.86. The minimum atomic E-state index is -0.392. The van der Waals surface area contributed by atoms with Gasteiger partial charge in [0.05, 0.1) is 12.7 Å². The number of carbonyl (C=O) groups excluding carboxylic acids is 3. The molecule has 2 aromatic rings. The Hall–Kier alpha value is -3.15. The van der Waals surface area contributed by atoms with Crippen LogP contribution in [0.1, 0.15) is 39.1 Å². The fraction of sp³-hybridized carbons (Fsp3) is 0.286. The third-order valence-corrected chi connectivity index (χ3v) is 4.62. The van der Waals surface area contributed by atoms with Crippen molar-refractivity contribution in [2.24, 2.45) is 0 Å². The molecule has 3 rings (SSSR count). The van der Waals surface area contributed by atoms with Crippen LogP contribution in [0.3, 0.4) is 0 Å². The third kappa shape index (κ3) is 4.16. The number of benzene rings is 2. The number of methoxy groups -OCH3 is 1. The van der Waals surface area contributed by atoms with E-state index in [1.54, 1.807) is 41.3 Å². The summed E-state index contributed by atoms with van der Waals surface area (Å²) in [7, 11) is 1.35. The summed E-state index contributed by atoms with van der Waals surface area (Å²) >= 11 is 0. The summed E-state index contributed by atoms with van der Waals surface area (Å²) in [6.07, 6.45) is 1.71. The number of ether oxygens (including phenoxy) is 1. The van der Waals surface area contributed by atoms with E-state index in [9.17, 15) is 14.4 Å². The molecule has 0 spiro atoms. The lowest BCUT2D eigenvalue weighted by molar-refractivity contribution is -0.118. The highest BCUT2D eigenvalue weighted by Gasteiger charge is 2.26. The van der Waals surface area contributed by atoms with Gasteiger partial charge in [0.15, 0.2) is 0 Å². The fourth-order valence-corrected chi connectivity index (χ4v) is 3.29. The van der Waals surface area contributed by atoms with Crippen molar-refractivity contribution in [1.82, 2.24) is 5.32 Å². The van der Waals surface area contributed by atoms with Crippen molar-refractivity contribution in [2.75, 3.05) is 25.1 Å². The van der Waals surface area contributed by atoms with Crippen molar-refractivity contribution < 1.29 is 19.1 Å². The number of nitrogens with one attached hydrogen (secondary N) is 1. The van der Waals surface area contributed by atoms with E-state index in [4.69, 9.17) is 4.74 Å². The number of nitrogens with zero attached hydrogens (tertiary/aromatic N) is 1. The Bertz CT molecular complexity index is 849. The third-order valence-electron chi connectivity index (χ3n) is 4.62. The molecule has 1 aliphatic rings. The molecule has 1 aliphatic heterocycles. The molecule has 6 nitrogen and oxygen atoms in total. The van der Waals surface area contributed by atoms with Crippen LogP contribution in [0.4, 0.5) is 5.69 Å². The van der Waals surface area contributed by atoms with Crippen LogP contribution in [-0.4, -0.2) is 38.0 Å². The van der Waals surface area contributed by atoms with Gasteiger partial charge in [0.25, 0.3) is 5.91 Å². The lowest BCUT2D eigenvalue weighted by Gasteiger charge is -2.30.